The molecule has 0 bridgehead atoms. The zero-order valence-electron chi connectivity index (χ0n) is 13.7. The second-order valence-corrected chi connectivity index (χ2v) is 5.26. The van der Waals surface area contributed by atoms with E-state index in [9.17, 15) is 9.59 Å². The van der Waals surface area contributed by atoms with Gasteiger partial charge in [0.15, 0.2) is 0 Å². The molecule has 0 fully saturated rings. The fraction of sp³-hybridized carbons (Fsp3) is 0.100. The van der Waals surface area contributed by atoms with Crippen molar-refractivity contribution in [1.29, 1.82) is 0 Å². The molecule has 0 spiro atoms. The molecule has 0 aliphatic rings. The monoisotopic (exact) mass is 335 g/mol. The number of fused-ring (bicyclic) bond motifs is 1. The van der Waals surface area contributed by atoms with Crippen LogP contribution in [0.5, 0.6) is 0 Å². The van der Waals surface area contributed by atoms with Crippen molar-refractivity contribution < 1.29 is 18.7 Å². The number of amides is 1. The van der Waals surface area contributed by atoms with Crippen LogP contribution in [0.1, 0.15) is 23.0 Å². The summed E-state index contributed by atoms with van der Waals surface area (Å²) in [6.45, 7) is 1.93. The maximum Gasteiger partial charge on any atom is 0.376 e. The quantitative estimate of drug-likeness (QED) is 0.559. The van der Waals surface area contributed by atoms with E-state index in [1.165, 1.54) is 6.08 Å². The molecule has 0 aliphatic carbocycles. The van der Waals surface area contributed by atoms with Crippen LogP contribution < -0.4 is 5.32 Å². The van der Waals surface area contributed by atoms with Crippen LogP contribution in [0.4, 0.5) is 5.69 Å². The molecule has 25 heavy (non-hydrogen) atoms. The second kappa shape index (κ2) is 7.49. The number of carbonyl (C=O) groups excluding carboxylic acids is 2. The maximum absolute atomic E-state index is 12.3. The minimum absolute atomic E-state index is 0.00971. The molecule has 0 saturated carbocycles. The molecule has 0 saturated heterocycles. The lowest BCUT2D eigenvalue weighted by Gasteiger charge is -2.03. The number of rotatable bonds is 5. The van der Waals surface area contributed by atoms with E-state index in [2.05, 4.69) is 5.32 Å². The highest BCUT2D eigenvalue weighted by atomic mass is 16.5. The fourth-order valence-electron chi connectivity index (χ4n) is 2.41. The lowest BCUT2D eigenvalue weighted by Crippen LogP contribution is -2.12. The molecule has 1 N–H and O–H groups in total. The van der Waals surface area contributed by atoms with Crippen LogP contribution in [0.3, 0.4) is 0 Å². The molecule has 1 aromatic heterocycles. The number of esters is 1. The van der Waals surface area contributed by atoms with Crippen molar-refractivity contribution in [3.8, 4) is 0 Å². The third-order valence-corrected chi connectivity index (χ3v) is 3.53. The first-order valence-corrected chi connectivity index (χ1v) is 7.92. The minimum Gasteiger partial charge on any atom is -0.460 e. The minimum atomic E-state index is -0.610. The molecule has 3 rings (SSSR count). The Balaban J connectivity index is 1.89. The number of benzene rings is 2. The van der Waals surface area contributed by atoms with Crippen LogP contribution in [-0.2, 0) is 9.53 Å². The summed E-state index contributed by atoms with van der Waals surface area (Å²) in [6.07, 6.45) is 3.10. The predicted molar refractivity (Wildman–Crippen MR) is 96.3 cm³/mol. The van der Waals surface area contributed by atoms with Crippen molar-refractivity contribution >= 4 is 34.6 Å². The Bertz CT molecular complexity index is 925. The first-order valence-electron chi connectivity index (χ1n) is 7.92. The summed E-state index contributed by atoms with van der Waals surface area (Å²) in [7, 11) is 0. The number of anilines is 1. The number of hydrogen-bond donors (Lipinski definition) is 1. The lowest BCUT2D eigenvalue weighted by atomic mass is 10.2. The van der Waals surface area contributed by atoms with Gasteiger partial charge in [0.2, 0.25) is 11.7 Å². The van der Waals surface area contributed by atoms with Crippen LogP contribution in [0, 0.1) is 0 Å². The van der Waals surface area contributed by atoms with Crippen LogP contribution in [0.25, 0.3) is 17.0 Å². The topological polar surface area (TPSA) is 68.5 Å². The zero-order valence-corrected chi connectivity index (χ0v) is 13.7. The van der Waals surface area contributed by atoms with Crippen molar-refractivity contribution in [2.45, 2.75) is 6.92 Å². The average Bonchev–Trinajstić information content (AvgIpc) is 3.00. The second-order valence-electron chi connectivity index (χ2n) is 5.26. The van der Waals surface area contributed by atoms with E-state index in [1.54, 1.807) is 31.2 Å². The molecule has 1 amide bonds. The summed E-state index contributed by atoms with van der Waals surface area (Å²) in [5.41, 5.74) is 1.73. The van der Waals surface area contributed by atoms with E-state index in [-0.39, 0.29) is 18.3 Å². The summed E-state index contributed by atoms with van der Waals surface area (Å²) in [5, 5.41) is 3.37. The summed E-state index contributed by atoms with van der Waals surface area (Å²) in [4.78, 5) is 24.4. The van der Waals surface area contributed by atoms with Gasteiger partial charge in [0, 0.05) is 11.5 Å². The number of para-hydroxylation sites is 1. The molecule has 0 aliphatic heterocycles. The molecule has 1 heterocycles. The van der Waals surface area contributed by atoms with Gasteiger partial charge in [0.1, 0.15) is 11.3 Å². The molecule has 5 nitrogen and oxygen atoms in total. The Morgan fingerprint density at radius 2 is 1.80 bits per heavy atom. The zero-order chi connectivity index (χ0) is 17.6. The molecule has 0 atom stereocenters. The first kappa shape index (κ1) is 16.5. The van der Waals surface area contributed by atoms with Gasteiger partial charge in [-0.1, -0.05) is 42.5 Å². The number of furan rings is 1. The van der Waals surface area contributed by atoms with Gasteiger partial charge >= 0.3 is 5.97 Å². The maximum atomic E-state index is 12.3. The Morgan fingerprint density at radius 3 is 2.56 bits per heavy atom. The van der Waals surface area contributed by atoms with E-state index in [0.717, 1.165) is 5.56 Å². The summed E-state index contributed by atoms with van der Waals surface area (Å²) >= 11 is 0. The van der Waals surface area contributed by atoms with Gasteiger partial charge in [0.25, 0.3) is 0 Å². The Kier molecular flexibility index (Phi) is 4.95. The lowest BCUT2D eigenvalue weighted by molar-refractivity contribution is -0.111. The number of carbonyl (C=O) groups is 2. The van der Waals surface area contributed by atoms with Gasteiger partial charge in [-0.3, -0.25) is 4.79 Å². The average molecular weight is 335 g/mol. The van der Waals surface area contributed by atoms with Crippen molar-refractivity contribution in [3.05, 3.63) is 72.0 Å². The van der Waals surface area contributed by atoms with Gasteiger partial charge in [-0.2, -0.15) is 0 Å². The van der Waals surface area contributed by atoms with E-state index < -0.39 is 5.97 Å². The normalized spacial score (nSPS) is 10.9. The molecule has 0 radical (unpaired) electrons. The van der Waals surface area contributed by atoms with Crippen molar-refractivity contribution in [3.63, 3.8) is 0 Å². The highest BCUT2D eigenvalue weighted by Crippen LogP contribution is 2.31. The molecule has 5 heteroatoms. The van der Waals surface area contributed by atoms with Gasteiger partial charge < -0.3 is 14.5 Å². The SMILES string of the molecule is CCOC(=O)c1oc2ccccc2c1NC(=O)/C=C/c1ccccc1. The number of nitrogens with one attached hydrogen (secondary N) is 1. The smallest absolute Gasteiger partial charge is 0.376 e. The van der Waals surface area contributed by atoms with E-state index >= 15 is 0 Å². The molecular weight excluding hydrogens is 318 g/mol. The van der Waals surface area contributed by atoms with E-state index in [0.29, 0.717) is 16.7 Å². The van der Waals surface area contributed by atoms with Gasteiger partial charge in [-0.25, -0.2) is 4.79 Å². The third kappa shape index (κ3) is 3.77. The van der Waals surface area contributed by atoms with Crippen molar-refractivity contribution in [2.75, 3.05) is 11.9 Å². The Morgan fingerprint density at radius 1 is 1.08 bits per heavy atom. The molecule has 126 valence electrons. The van der Waals surface area contributed by atoms with Crippen LogP contribution in [-0.4, -0.2) is 18.5 Å². The van der Waals surface area contributed by atoms with Crippen molar-refractivity contribution in [2.24, 2.45) is 0 Å². The van der Waals surface area contributed by atoms with Crippen LogP contribution in [0.15, 0.2) is 65.1 Å². The highest BCUT2D eigenvalue weighted by Gasteiger charge is 2.22. The van der Waals surface area contributed by atoms with Gasteiger partial charge in [-0.05, 0) is 30.7 Å². The molecular formula is C20H17NO4. The Labute approximate surface area is 144 Å². The predicted octanol–water partition coefficient (Wildman–Crippen LogP) is 4.26. The number of hydrogen-bond acceptors (Lipinski definition) is 4. The molecule has 3 aromatic rings. The standard InChI is InChI=1S/C20H17NO4/c1-2-24-20(23)19-18(15-10-6-7-11-16(15)25-19)21-17(22)13-12-14-8-4-3-5-9-14/h3-13H,2H2,1H3,(H,21,22)/b13-12+. The van der Waals surface area contributed by atoms with Crippen LogP contribution >= 0.6 is 0 Å². The van der Waals surface area contributed by atoms with Gasteiger partial charge in [-0.15, -0.1) is 0 Å². The fourth-order valence-corrected chi connectivity index (χ4v) is 2.41. The largest absolute Gasteiger partial charge is 0.460 e. The van der Waals surface area contributed by atoms with E-state index in [1.807, 2.05) is 36.4 Å². The summed E-state index contributed by atoms with van der Waals surface area (Å²) < 4.78 is 10.6. The Hall–Kier alpha value is -3.34. The first-order chi connectivity index (χ1) is 12.2. The summed E-state index contributed by atoms with van der Waals surface area (Å²) in [6, 6.07) is 16.6. The van der Waals surface area contributed by atoms with E-state index in [4.69, 9.17) is 9.15 Å². The number of ether oxygens (including phenoxy) is 1. The molecule has 0 unspecified atom stereocenters. The highest BCUT2D eigenvalue weighted by molar-refractivity contribution is 6.12. The molecule has 2 aromatic carbocycles. The van der Waals surface area contributed by atoms with Gasteiger partial charge in [0.05, 0.1) is 6.61 Å². The third-order valence-electron chi connectivity index (χ3n) is 3.53. The van der Waals surface area contributed by atoms with Crippen LogP contribution in [0.2, 0.25) is 0 Å². The van der Waals surface area contributed by atoms with Crippen molar-refractivity contribution in [1.82, 2.24) is 0 Å². The summed E-state index contributed by atoms with van der Waals surface area (Å²) in [5.74, 6) is -0.980.